The molecule has 0 N–H and O–H groups in total. The largest absolute Gasteiger partial charge is 0.435 e. The summed E-state index contributed by atoms with van der Waals surface area (Å²) in [7, 11) is 0. The van der Waals surface area contributed by atoms with Gasteiger partial charge in [0.1, 0.15) is 6.17 Å². The average Bonchev–Trinajstić information content (AvgIpc) is 3.23. The fourth-order valence-corrected chi connectivity index (χ4v) is 4.52. The first-order chi connectivity index (χ1) is 13.6. The maximum atomic E-state index is 6.28. The number of furan rings is 1. The van der Waals surface area contributed by atoms with E-state index in [0.717, 1.165) is 34.3 Å². The maximum absolute atomic E-state index is 6.28. The van der Waals surface area contributed by atoms with Crippen molar-refractivity contribution in [2.45, 2.75) is 46.3 Å². The molecule has 3 aromatic heterocycles. The molecular weight excluding hydrogens is 348 g/mol. The van der Waals surface area contributed by atoms with Gasteiger partial charge >= 0.3 is 0 Å². The van der Waals surface area contributed by atoms with E-state index in [0.29, 0.717) is 11.8 Å². The SMILES string of the molecule is CCC1N(c2c(C)ccc3c2oc2ncccc23)c2ncccc2N1C(C)C. The highest BCUT2D eigenvalue weighted by Crippen LogP contribution is 2.48. The summed E-state index contributed by atoms with van der Waals surface area (Å²) >= 11 is 0. The zero-order chi connectivity index (χ0) is 19.4. The minimum atomic E-state index is 0.190. The molecule has 0 amide bonds. The third-order valence-electron chi connectivity index (χ3n) is 5.65. The van der Waals surface area contributed by atoms with Crippen molar-refractivity contribution in [1.29, 1.82) is 0 Å². The fourth-order valence-electron chi connectivity index (χ4n) is 4.52. The van der Waals surface area contributed by atoms with Crippen LogP contribution in [0.25, 0.3) is 22.1 Å². The molecule has 5 rings (SSSR count). The van der Waals surface area contributed by atoms with Crippen molar-refractivity contribution in [1.82, 2.24) is 9.97 Å². The molecule has 0 bridgehead atoms. The van der Waals surface area contributed by atoms with Gasteiger partial charge in [0.2, 0.25) is 5.71 Å². The van der Waals surface area contributed by atoms with Gasteiger partial charge in [-0.2, -0.15) is 0 Å². The lowest BCUT2D eigenvalue weighted by atomic mass is 10.1. The molecule has 4 heterocycles. The molecule has 1 unspecified atom stereocenters. The predicted octanol–water partition coefficient (Wildman–Crippen LogP) is 5.79. The standard InChI is InChI=1S/C23H24N4O/c1-5-19-26(14(2)3)18-9-7-12-24-22(18)27(19)20-15(4)10-11-16-17-8-6-13-25-23(17)28-21(16)20/h6-14,19H,5H2,1-4H3. The first-order valence-corrected chi connectivity index (χ1v) is 9.91. The molecule has 0 saturated carbocycles. The summed E-state index contributed by atoms with van der Waals surface area (Å²) in [6.45, 7) is 8.85. The number of pyridine rings is 2. The molecule has 28 heavy (non-hydrogen) atoms. The second-order valence-corrected chi connectivity index (χ2v) is 7.67. The molecule has 0 aliphatic carbocycles. The number of hydrogen-bond acceptors (Lipinski definition) is 5. The van der Waals surface area contributed by atoms with Crippen molar-refractivity contribution in [2.75, 3.05) is 9.80 Å². The van der Waals surface area contributed by atoms with Gasteiger partial charge in [0.15, 0.2) is 11.4 Å². The van der Waals surface area contributed by atoms with Gasteiger partial charge in [-0.1, -0.05) is 19.1 Å². The molecule has 1 aliphatic heterocycles. The van der Waals surface area contributed by atoms with Crippen LogP contribution >= 0.6 is 0 Å². The topological polar surface area (TPSA) is 45.4 Å². The molecule has 4 aromatic rings. The Morgan fingerprint density at radius 1 is 1.04 bits per heavy atom. The van der Waals surface area contributed by atoms with Crippen molar-refractivity contribution in [3.63, 3.8) is 0 Å². The first-order valence-electron chi connectivity index (χ1n) is 9.91. The summed E-state index contributed by atoms with van der Waals surface area (Å²) in [5, 5.41) is 2.15. The van der Waals surface area contributed by atoms with Gasteiger partial charge in [0.25, 0.3) is 0 Å². The lowest BCUT2D eigenvalue weighted by Gasteiger charge is -2.35. The lowest BCUT2D eigenvalue weighted by Crippen LogP contribution is -2.44. The van der Waals surface area contributed by atoms with E-state index in [1.165, 1.54) is 11.3 Å². The fraction of sp³-hybridized carbons (Fsp3) is 0.304. The number of aryl methyl sites for hydroxylation is 1. The Morgan fingerprint density at radius 2 is 1.82 bits per heavy atom. The highest BCUT2D eigenvalue weighted by atomic mass is 16.3. The summed E-state index contributed by atoms with van der Waals surface area (Å²) in [6, 6.07) is 12.9. The second-order valence-electron chi connectivity index (χ2n) is 7.67. The third-order valence-corrected chi connectivity index (χ3v) is 5.65. The van der Waals surface area contributed by atoms with Gasteiger partial charge in [0, 0.05) is 29.2 Å². The molecule has 1 aliphatic rings. The van der Waals surface area contributed by atoms with Crippen LogP contribution < -0.4 is 9.80 Å². The molecule has 1 atom stereocenters. The van der Waals surface area contributed by atoms with Gasteiger partial charge in [-0.05, 0) is 57.0 Å². The quantitative estimate of drug-likeness (QED) is 0.456. The maximum Gasteiger partial charge on any atom is 0.227 e. The van der Waals surface area contributed by atoms with Crippen LogP contribution in [0.1, 0.15) is 32.8 Å². The van der Waals surface area contributed by atoms with Gasteiger partial charge in [-0.25, -0.2) is 9.97 Å². The summed E-state index contributed by atoms with van der Waals surface area (Å²) in [6.07, 6.45) is 4.82. The summed E-state index contributed by atoms with van der Waals surface area (Å²) in [5.74, 6) is 0.993. The molecule has 0 saturated heterocycles. The lowest BCUT2D eigenvalue weighted by molar-refractivity contribution is 0.555. The Hall–Kier alpha value is -3.08. The van der Waals surface area contributed by atoms with Crippen molar-refractivity contribution >= 4 is 39.3 Å². The minimum Gasteiger partial charge on any atom is -0.435 e. The second kappa shape index (κ2) is 6.23. The number of rotatable bonds is 3. The molecule has 0 spiro atoms. The number of anilines is 3. The smallest absolute Gasteiger partial charge is 0.227 e. The van der Waals surface area contributed by atoms with Crippen LogP contribution in [0.15, 0.2) is 53.2 Å². The molecule has 0 radical (unpaired) electrons. The van der Waals surface area contributed by atoms with Crippen molar-refractivity contribution < 1.29 is 4.42 Å². The Bertz CT molecular complexity index is 1180. The highest BCUT2D eigenvalue weighted by Gasteiger charge is 2.39. The molecule has 1 aromatic carbocycles. The molecule has 5 nitrogen and oxygen atoms in total. The Balaban J connectivity index is 1.83. The van der Waals surface area contributed by atoms with Crippen molar-refractivity contribution in [2.24, 2.45) is 0 Å². The number of nitrogens with zero attached hydrogens (tertiary/aromatic N) is 4. The van der Waals surface area contributed by atoms with Crippen LogP contribution in [0.5, 0.6) is 0 Å². The number of hydrogen-bond donors (Lipinski definition) is 0. The van der Waals surface area contributed by atoms with Crippen LogP contribution in [-0.2, 0) is 0 Å². The third kappa shape index (κ3) is 2.25. The van der Waals surface area contributed by atoms with Gasteiger partial charge in [0.05, 0.1) is 11.4 Å². The van der Waals surface area contributed by atoms with Crippen molar-refractivity contribution in [3.05, 3.63) is 54.4 Å². The Labute approximate surface area is 164 Å². The molecule has 0 fully saturated rings. The summed E-state index contributed by atoms with van der Waals surface area (Å²) < 4.78 is 6.28. The van der Waals surface area contributed by atoms with E-state index in [2.05, 4.69) is 66.7 Å². The van der Waals surface area contributed by atoms with Crippen LogP contribution in [0.3, 0.4) is 0 Å². The molecule has 5 heteroatoms. The van der Waals surface area contributed by atoms with Crippen LogP contribution in [-0.4, -0.2) is 22.2 Å². The van der Waals surface area contributed by atoms with E-state index in [9.17, 15) is 0 Å². The van der Waals surface area contributed by atoms with Gasteiger partial charge in [-0.15, -0.1) is 0 Å². The van der Waals surface area contributed by atoms with E-state index < -0.39 is 0 Å². The van der Waals surface area contributed by atoms with E-state index in [1.807, 2.05) is 18.3 Å². The Kier molecular flexibility index (Phi) is 3.79. The zero-order valence-electron chi connectivity index (χ0n) is 16.7. The molecular formula is C23H24N4O. The van der Waals surface area contributed by atoms with E-state index in [-0.39, 0.29) is 6.17 Å². The van der Waals surface area contributed by atoms with Crippen LogP contribution in [0, 0.1) is 6.92 Å². The number of fused-ring (bicyclic) bond motifs is 4. The van der Waals surface area contributed by atoms with Gasteiger partial charge in [-0.3, -0.25) is 4.90 Å². The van der Waals surface area contributed by atoms with E-state index in [1.54, 1.807) is 6.20 Å². The highest BCUT2D eigenvalue weighted by molar-refractivity contribution is 6.09. The predicted molar refractivity (Wildman–Crippen MR) is 114 cm³/mol. The van der Waals surface area contributed by atoms with Crippen LogP contribution in [0.4, 0.5) is 17.2 Å². The number of benzene rings is 1. The Morgan fingerprint density at radius 3 is 2.61 bits per heavy atom. The monoisotopic (exact) mass is 372 g/mol. The van der Waals surface area contributed by atoms with Crippen LogP contribution in [0.2, 0.25) is 0 Å². The zero-order valence-corrected chi connectivity index (χ0v) is 16.7. The van der Waals surface area contributed by atoms with E-state index in [4.69, 9.17) is 9.40 Å². The minimum absolute atomic E-state index is 0.190. The number of aromatic nitrogens is 2. The van der Waals surface area contributed by atoms with Crippen molar-refractivity contribution in [3.8, 4) is 0 Å². The first kappa shape index (κ1) is 17.0. The van der Waals surface area contributed by atoms with E-state index >= 15 is 0 Å². The summed E-state index contributed by atoms with van der Waals surface area (Å²) in [4.78, 5) is 14.0. The van der Waals surface area contributed by atoms with Gasteiger partial charge < -0.3 is 9.32 Å². The summed E-state index contributed by atoms with van der Waals surface area (Å²) in [5.41, 5.74) is 5.00. The normalized spacial score (nSPS) is 16.5. The molecule has 142 valence electrons. The average molecular weight is 372 g/mol.